The Morgan fingerprint density at radius 3 is 2.11 bits per heavy atom. The Balaban J connectivity index is 4.43. The lowest BCUT2D eigenvalue weighted by molar-refractivity contribution is -0.155. The van der Waals surface area contributed by atoms with E-state index in [0.717, 1.165) is 12.8 Å². The van der Waals surface area contributed by atoms with Gasteiger partial charge in [0.15, 0.2) is 0 Å². The van der Waals surface area contributed by atoms with Crippen molar-refractivity contribution in [3.63, 3.8) is 0 Å². The summed E-state index contributed by atoms with van der Waals surface area (Å²) in [5, 5.41) is 0. The number of methoxy groups -OCH3 is 1. The predicted molar refractivity (Wildman–Crippen MR) is 72.1 cm³/mol. The lowest BCUT2D eigenvalue weighted by Gasteiger charge is -2.24. The third-order valence-electron chi connectivity index (χ3n) is 3.04. The van der Waals surface area contributed by atoms with Gasteiger partial charge in [0.05, 0.1) is 7.11 Å². The molecule has 18 heavy (non-hydrogen) atoms. The summed E-state index contributed by atoms with van der Waals surface area (Å²) in [4.78, 5) is 25.4. The highest BCUT2D eigenvalue weighted by molar-refractivity contribution is 5.97. The van der Waals surface area contributed by atoms with Crippen molar-refractivity contribution in [2.75, 3.05) is 20.7 Å². The van der Waals surface area contributed by atoms with Crippen LogP contribution >= 0.6 is 0 Å². The first-order valence-corrected chi connectivity index (χ1v) is 6.64. The fourth-order valence-corrected chi connectivity index (χ4v) is 1.87. The summed E-state index contributed by atoms with van der Waals surface area (Å²) in [6.07, 6.45) is 2.05. The highest BCUT2D eigenvalue weighted by atomic mass is 16.5. The lowest BCUT2D eigenvalue weighted by Crippen LogP contribution is -2.40. The van der Waals surface area contributed by atoms with E-state index in [-0.39, 0.29) is 11.8 Å². The smallest absolute Gasteiger partial charge is 0.318 e. The van der Waals surface area contributed by atoms with Crippen LogP contribution in [0.4, 0.5) is 0 Å². The van der Waals surface area contributed by atoms with Gasteiger partial charge < -0.3 is 9.64 Å². The number of carbonyl (C=O) groups excluding carboxylic acids is 2. The molecule has 1 unspecified atom stereocenters. The first kappa shape index (κ1) is 16.9. The Kier molecular flexibility index (Phi) is 7.64. The largest absolute Gasteiger partial charge is 0.468 e. The molecule has 0 aromatic heterocycles. The maximum atomic E-state index is 12.2. The Hall–Kier alpha value is -1.06. The van der Waals surface area contributed by atoms with Crippen LogP contribution in [-0.4, -0.2) is 37.5 Å². The molecule has 4 nitrogen and oxygen atoms in total. The fraction of sp³-hybridized carbons (Fsp3) is 0.857. The summed E-state index contributed by atoms with van der Waals surface area (Å²) in [6, 6.07) is 0. The van der Waals surface area contributed by atoms with Crippen LogP contribution in [0, 0.1) is 17.8 Å². The molecule has 4 heteroatoms. The standard InChI is InChI=1S/C14H27NO3/c1-10(2)8-7-9-15(5)13(16)12(11(3)4)14(17)18-6/h10-12H,7-9H2,1-6H3. The van der Waals surface area contributed by atoms with Crippen molar-refractivity contribution in [1.82, 2.24) is 4.90 Å². The highest BCUT2D eigenvalue weighted by Gasteiger charge is 2.32. The van der Waals surface area contributed by atoms with Crippen molar-refractivity contribution in [1.29, 1.82) is 0 Å². The molecule has 1 amide bonds. The normalized spacial score (nSPS) is 12.7. The molecule has 1 atom stereocenters. The molecule has 0 bridgehead atoms. The fourth-order valence-electron chi connectivity index (χ4n) is 1.87. The average Bonchev–Trinajstić information content (AvgIpc) is 2.27. The summed E-state index contributed by atoms with van der Waals surface area (Å²) < 4.78 is 4.70. The minimum Gasteiger partial charge on any atom is -0.468 e. The van der Waals surface area contributed by atoms with Gasteiger partial charge in [-0.1, -0.05) is 27.7 Å². The average molecular weight is 257 g/mol. The number of esters is 1. The van der Waals surface area contributed by atoms with Crippen molar-refractivity contribution in [2.24, 2.45) is 17.8 Å². The summed E-state index contributed by atoms with van der Waals surface area (Å²) >= 11 is 0. The van der Waals surface area contributed by atoms with E-state index in [1.54, 1.807) is 11.9 Å². The quantitative estimate of drug-likeness (QED) is 0.519. The van der Waals surface area contributed by atoms with Gasteiger partial charge in [0, 0.05) is 13.6 Å². The van der Waals surface area contributed by atoms with Crippen LogP contribution in [0.3, 0.4) is 0 Å². The van der Waals surface area contributed by atoms with Gasteiger partial charge >= 0.3 is 5.97 Å². The molecule has 0 N–H and O–H groups in total. The van der Waals surface area contributed by atoms with Crippen molar-refractivity contribution in [3.8, 4) is 0 Å². The van der Waals surface area contributed by atoms with Gasteiger partial charge in [-0.3, -0.25) is 9.59 Å². The molecule has 0 radical (unpaired) electrons. The molecule has 0 saturated carbocycles. The number of amides is 1. The van der Waals surface area contributed by atoms with Crippen LogP contribution in [0.25, 0.3) is 0 Å². The lowest BCUT2D eigenvalue weighted by atomic mass is 9.94. The molecule has 0 fully saturated rings. The van der Waals surface area contributed by atoms with Crippen LogP contribution < -0.4 is 0 Å². The minimum atomic E-state index is -0.681. The van der Waals surface area contributed by atoms with E-state index in [1.807, 2.05) is 13.8 Å². The second kappa shape index (κ2) is 8.11. The van der Waals surface area contributed by atoms with Crippen LogP contribution in [0.15, 0.2) is 0 Å². The maximum absolute atomic E-state index is 12.2. The van der Waals surface area contributed by atoms with Crippen molar-refractivity contribution >= 4 is 11.9 Å². The van der Waals surface area contributed by atoms with Crippen LogP contribution in [-0.2, 0) is 14.3 Å². The second-order valence-electron chi connectivity index (χ2n) is 5.54. The van der Waals surface area contributed by atoms with Gasteiger partial charge in [-0.25, -0.2) is 0 Å². The van der Waals surface area contributed by atoms with Gasteiger partial charge in [0.1, 0.15) is 5.92 Å². The van der Waals surface area contributed by atoms with Gasteiger partial charge in [0.25, 0.3) is 0 Å². The molecular weight excluding hydrogens is 230 g/mol. The Morgan fingerprint density at radius 2 is 1.72 bits per heavy atom. The molecule has 0 heterocycles. The van der Waals surface area contributed by atoms with E-state index < -0.39 is 11.9 Å². The maximum Gasteiger partial charge on any atom is 0.318 e. The number of carbonyl (C=O) groups is 2. The van der Waals surface area contributed by atoms with Gasteiger partial charge in [-0.05, 0) is 24.7 Å². The molecule has 0 aliphatic heterocycles. The Labute approximate surface area is 111 Å². The first-order chi connectivity index (χ1) is 8.31. The van der Waals surface area contributed by atoms with E-state index >= 15 is 0 Å². The number of nitrogens with zero attached hydrogens (tertiary/aromatic N) is 1. The topological polar surface area (TPSA) is 46.6 Å². The third kappa shape index (κ3) is 5.52. The third-order valence-corrected chi connectivity index (χ3v) is 3.04. The summed E-state index contributed by atoms with van der Waals surface area (Å²) in [7, 11) is 3.07. The predicted octanol–water partition coefficient (Wildman–Crippen LogP) is 2.33. The summed E-state index contributed by atoms with van der Waals surface area (Å²) in [5.74, 6) is -0.669. The van der Waals surface area contributed by atoms with E-state index in [4.69, 9.17) is 4.74 Å². The number of ether oxygens (including phenoxy) is 1. The first-order valence-electron chi connectivity index (χ1n) is 6.64. The van der Waals surface area contributed by atoms with Crippen LogP contribution in [0.1, 0.15) is 40.5 Å². The number of hydrogen-bond donors (Lipinski definition) is 0. The molecule has 0 spiro atoms. The molecule has 0 aromatic carbocycles. The van der Waals surface area contributed by atoms with E-state index in [1.165, 1.54) is 7.11 Å². The zero-order chi connectivity index (χ0) is 14.3. The van der Waals surface area contributed by atoms with Crippen molar-refractivity contribution < 1.29 is 14.3 Å². The summed E-state index contributed by atoms with van der Waals surface area (Å²) in [5.41, 5.74) is 0. The molecule has 0 saturated heterocycles. The SMILES string of the molecule is COC(=O)C(C(=O)N(C)CCCC(C)C)C(C)C. The highest BCUT2D eigenvalue weighted by Crippen LogP contribution is 2.16. The Morgan fingerprint density at radius 1 is 1.17 bits per heavy atom. The molecule has 0 rings (SSSR count). The van der Waals surface area contributed by atoms with Gasteiger partial charge in [-0.15, -0.1) is 0 Å². The van der Waals surface area contributed by atoms with E-state index in [2.05, 4.69) is 13.8 Å². The zero-order valence-corrected chi connectivity index (χ0v) is 12.5. The second-order valence-corrected chi connectivity index (χ2v) is 5.54. The number of hydrogen-bond acceptors (Lipinski definition) is 3. The molecule has 0 aromatic rings. The molecule has 0 aliphatic rings. The summed E-state index contributed by atoms with van der Waals surface area (Å²) in [6.45, 7) is 8.74. The molecular formula is C14H27NO3. The van der Waals surface area contributed by atoms with Gasteiger partial charge in [-0.2, -0.15) is 0 Å². The Bertz CT molecular complexity index is 274. The molecule has 106 valence electrons. The number of rotatable bonds is 7. The minimum absolute atomic E-state index is 0.0440. The van der Waals surface area contributed by atoms with Crippen LogP contribution in [0.5, 0.6) is 0 Å². The van der Waals surface area contributed by atoms with Crippen molar-refractivity contribution in [2.45, 2.75) is 40.5 Å². The van der Waals surface area contributed by atoms with Crippen LogP contribution in [0.2, 0.25) is 0 Å². The van der Waals surface area contributed by atoms with E-state index in [9.17, 15) is 9.59 Å². The van der Waals surface area contributed by atoms with Crippen molar-refractivity contribution in [3.05, 3.63) is 0 Å². The zero-order valence-electron chi connectivity index (χ0n) is 12.5. The van der Waals surface area contributed by atoms with Gasteiger partial charge in [0.2, 0.25) is 5.91 Å². The van der Waals surface area contributed by atoms with E-state index in [0.29, 0.717) is 12.5 Å². The molecule has 0 aliphatic carbocycles. The monoisotopic (exact) mass is 257 g/mol.